The van der Waals surface area contributed by atoms with Gasteiger partial charge in [0.1, 0.15) is 12.1 Å². The highest BCUT2D eigenvalue weighted by atomic mass is 16.1. The molecule has 0 aromatic rings. The minimum absolute atomic E-state index is 0.131. The monoisotopic (exact) mass is 594 g/mol. The highest BCUT2D eigenvalue weighted by Gasteiger charge is 2.30. The van der Waals surface area contributed by atoms with Gasteiger partial charge in [0.05, 0.1) is 0 Å². The van der Waals surface area contributed by atoms with E-state index in [1.807, 2.05) is 13.0 Å². The summed E-state index contributed by atoms with van der Waals surface area (Å²) in [5.74, 6) is 0.867. The van der Waals surface area contributed by atoms with Crippen LogP contribution in [0.1, 0.15) is 135 Å². The first-order valence-electron chi connectivity index (χ1n) is 15.7. The third-order valence-corrected chi connectivity index (χ3v) is 7.58. The average Bonchev–Trinajstić information content (AvgIpc) is 2.83. The minimum Gasteiger partial charge on any atom is -0.300 e. The van der Waals surface area contributed by atoms with Crippen molar-refractivity contribution in [3.05, 3.63) is 70.4 Å². The Morgan fingerprint density at radius 1 is 0.884 bits per heavy atom. The summed E-state index contributed by atoms with van der Waals surface area (Å²) in [6.07, 6.45) is 22.5. The molecule has 0 spiro atoms. The van der Waals surface area contributed by atoms with E-state index in [0.717, 1.165) is 24.7 Å². The number of allylic oxidation sites excluding steroid dienone is 12. The molecule has 0 aromatic carbocycles. The Balaban J connectivity index is 0. The van der Waals surface area contributed by atoms with Crippen molar-refractivity contribution in [3.8, 4) is 0 Å². The number of hydrogen-bond donors (Lipinski definition) is 0. The summed E-state index contributed by atoms with van der Waals surface area (Å²) in [4.78, 5) is 41.3. The Bertz CT molecular complexity index is 1090. The van der Waals surface area contributed by atoms with Crippen molar-refractivity contribution >= 4 is 23.6 Å². The van der Waals surface area contributed by atoms with Crippen LogP contribution >= 0.6 is 0 Å². The number of aldehydes is 1. The van der Waals surface area contributed by atoms with Gasteiger partial charge in [-0.3, -0.25) is 14.4 Å². The Hall–Kier alpha value is -2.88. The fraction of sp³-hybridized carbons (Fsp3) is 0.590. The SMILES string of the molecule is CC(=O)/C=C/C1=C(C)CCCC1(C)C.CC(=O)/C=C/C1C(C)=CCCC1(C)C.CC(C)=CCC/C(C)=C\C=O.CC(C)=O. The van der Waals surface area contributed by atoms with E-state index >= 15 is 0 Å². The first-order valence-corrected chi connectivity index (χ1v) is 15.7. The lowest BCUT2D eigenvalue weighted by atomic mass is 9.68. The Labute approximate surface area is 264 Å². The van der Waals surface area contributed by atoms with Crippen LogP contribution in [0, 0.1) is 16.7 Å². The number of rotatable bonds is 8. The number of Topliss-reactive ketones (excluding diaryl/α,β-unsaturated/α-hetero) is 1. The molecular formula is C39H62O4. The number of carbonyl (C=O) groups excluding carboxylic acids is 4. The quantitative estimate of drug-likeness (QED) is 0.159. The molecule has 0 aliphatic heterocycles. The summed E-state index contributed by atoms with van der Waals surface area (Å²) in [5.41, 5.74) is 7.23. The Morgan fingerprint density at radius 3 is 1.88 bits per heavy atom. The van der Waals surface area contributed by atoms with Gasteiger partial charge in [0.25, 0.3) is 0 Å². The van der Waals surface area contributed by atoms with E-state index in [9.17, 15) is 19.2 Å². The third kappa shape index (κ3) is 21.5. The molecule has 0 aromatic heterocycles. The highest BCUT2D eigenvalue weighted by Crippen LogP contribution is 2.42. The molecule has 2 aliphatic rings. The smallest absolute Gasteiger partial charge is 0.152 e. The maximum atomic E-state index is 10.9. The topological polar surface area (TPSA) is 68.3 Å². The van der Waals surface area contributed by atoms with Crippen molar-refractivity contribution < 1.29 is 19.2 Å². The second-order valence-electron chi connectivity index (χ2n) is 13.7. The lowest BCUT2D eigenvalue weighted by Crippen LogP contribution is -2.26. The molecule has 1 atom stereocenters. The van der Waals surface area contributed by atoms with Gasteiger partial charge in [0, 0.05) is 5.92 Å². The second kappa shape index (κ2) is 21.8. The van der Waals surface area contributed by atoms with Crippen LogP contribution < -0.4 is 0 Å². The van der Waals surface area contributed by atoms with Crippen molar-refractivity contribution in [1.82, 2.24) is 0 Å². The summed E-state index contributed by atoms with van der Waals surface area (Å²) < 4.78 is 0. The predicted molar refractivity (Wildman–Crippen MR) is 185 cm³/mol. The average molecular weight is 595 g/mol. The van der Waals surface area contributed by atoms with E-state index in [1.165, 1.54) is 68.2 Å². The van der Waals surface area contributed by atoms with Crippen LogP contribution in [0.15, 0.2) is 70.4 Å². The molecule has 4 heteroatoms. The molecule has 2 rings (SSSR count). The molecule has 1 unspecified atom stereocenters. The zero-order valence-electron chi connectivity index (χ0n) is 29.8. The van der Waals surface area contributed by atoms with Crippen LogP contribution in [0.3, 0.4) is 0 Å². The third-order valence-electron chi connectivity index (χ3n) is 7.58. The highest BCUT2D eigenvalue weighted by molar-refractivity contribution is 5.88. The normalized spacial score (nSPS) is 19.0. The van der Waals surface area contributed by atoms with Crippen LogP contribution in [0.25, 0.3) is 0 Å². The Kier molecular flexibility index (Phi) is 21.4. The zero-order valence-corrected chi connectivity index (χ0v) is 29.8. The van der Waals surface area contributed by atoms with Gasteiger partial charge in [0.15, 0.2) is 11.6 Å². The van der Waals surface area contributed by atoms with Crippen LogP contribution in [0.2, 0.25) is 0 Å². The molecule has 2 aliphatic carbocycles. The molecule has 0 N–H and O–H groups in total. The molecule has 0 radical (unpaired) electrons. The van der Waals surface area contributed by atoms with E-state index in [2.05, 4.69) is 73.6 Å². The lowest BCUT2D eigenvalue weighted by Gasteiger charge is -2.36. The minimum atomic E-state index is 0.131. The van der Waals surface area contributed by atoms with Gasteiger partial charge in [-0.15, -0.1) is 0 Å². The first-order chi connectivity index (χ1) is 19.8. The maximum Gasteiger partial charge on any atom is 0.152 e. The Morgan fingerprint density at radius 2 is 1.44 bits per heavy atom. The summed E-state index contributed by atoms with van der Waals surface area (Å²) in [6.45, 7) is 25.8. The molecule has 242 valence electrons. The molecule has 0 fully saturated rings. The molecule has 4 nitrogen and oxygen atoms in total. The number of carbonyl (C=O) groups is 4. The molecule has 0 amide bonds. The predicted octanol–water partition coefficient (Wildman–Crippen LogP) is 10.6. The van der Waals surface area contributed by atoms with Crippen molar-refractivity contribution in [2.24, 2.45) is 16.7 Å². The molecule has 0 heterocycles. The molecule has 0 bridgehead atoms. The maximum absolute atomic E-state index is 10.9. The van der Waals surface area contributed by atoms with E-state index in [4.69, 9.17) is 0 Å². The summed E-state index contributed by atoms with van der Waals surface area (Å²) in [5, 5.41) is 0. The molecular weight excluding hydrogens is 532 g/mol. The van der Waals surface area contributed by atoms with Crippen LogP contribution in [0.5, 0.6) is 0 Å². The standard InChI is InChI=1S/2C13H20O.C10H16O.C3H6O/c2*1-10-6-5-9-13(3,4)12(10)8-7-11(2)14;1-9(2)5-4-6-10(3)7-8-11;1-3(2)4/h7-8H,5-6,9H2,1-4H3;6-8,12H,5,9H2,1-4H3;5,7-8H,4,6H2,1-3H3;1-2H3/b2*8-7+;10-7-;. The van der Waals surface area contributed by atoms with E-state index in [1.54, 1.807) is 32.1 Å². The van der Waals surface area contributed by atoms with Gasteiger partial charge in [-0.05, 0) is 142 Å². The number of ketones is 3. The van der Waals surface area contributed by atoms with Gasteiger partial charge in [0.2, 0.25) is 0 Å². The van der Waals surface area contributed by atoms with Crippen molar-refractivity contribution in [1.29, 1.82) is 0 Å². The van der Waals surface area contributed by atoms with Gasteiger partial charge in [-0.25, -0.2) is 0 Å². The van der Waals surface area contributed by atoms with E-state index in [0.29, 0.717) is 11.3 Å². The van der Waals surface area contributed by atoms with Gasteiger partial charge >= 0.3 is 0 Å². The second-order valence-corrected chi connectivity index (χ2v) is 13.7. The van der Waals surface area contributed by atoms with Gasteiger partial charge in [-0.1, -0.05) is 74.3 Å². The zero-order chi connectivity index (χ0) is 33.8. The van der Waals surface area contributed by atoms with Crippen LogP contribution in [-0.2, 0) is 19.2 Å². The van der Waals surface area contributed by atoms with Gasteiger partial charge in [-0.2, -0.15) is 0 Å². The summed E-state index contributed by atoms with van der Waals surface area (Å²) >= 11 is 0. The van der Waals surface area contributed by atoms with Crippen LogP contribution in [-0.4, -0.2) is 23.6 Å². The van der Waals surface area contributed by atoms with Crippen LogP contribution in [0.4, 0.5) is 0 Å². The largest absolute Gasteiger partial charge is 0.300 e. The number of hydrogen-bond acceptors (Lipinski definition) is 4. The molecule has 0 saturated heterocycles. The first kappa shape index (κ1) is 42.3. The van der Waals surface area contributed by atoms with Gasteiger partial charge < -0.3 is 4.79 Å². The molecule has 43 heavy (non-hydrogen) atoms. The lowest BCUT2D eigenvalue weighted by molar-refractivity contribution is -0.115. The fourth-order valence-electron chi connectivity index (χ4n) is 5.21. The van der Waals surface area contributed by atoms with Crippen molar-refractivity contribution in [2.45, 2.75) is 135 Å². The molecule has 0 saturated carbocycles. The van der Waals surface area contributed by atoms with E-state index < -0.39 is 0 Å². The van der Waals surface area contributed by atoms with Crippen molar-refractivity contribution in [2.75, 3.05) is 0 Å². The van der Waals surface area contributed by atoms with Crippen molar-refractivity contribution in [3.63, 3.8) is 0 Å². The summed E-state index contributed by atoms with van der Waals surface area (Å²) in [7, 11) is 0. The van der Waals surface area contributed by atoms with E-state index in [-0.39, 0.29) is 22.8 Å². The summed E-state index contributed by atoms with van der Waals surface area (Å²) in [6, 6.07) is 0. The fourth-order valence-corrected chi connectivity index (χ4v) is 5.21.